The van der Waals surface area contributed by atoms with E-state index in [0.717, 1.165) is 63.3 Å². The average molecular weight is 759 g/mol. The standard InChI is InChI=1S/C41H45F3N6O5/c1-48(18-19-49-20-22-55-23-21-49)40(53)33-11-7-10-32(37(33)54-2)39(52)47-35-13-12-31(50-16-4-3-5-17-50)26-34(35)36-25-29(14-15-45-36)38(51)46-27-28-8-6-9-30(24-28)41(42,43)44/h6-15,24-26H,3-5,16-23,27H2,1-2H3,(H,46,51)(H,47,52). The van der Waals surface area contributed by atoms with E-state index in [9.17, 15) is 27.6 Å². The number of likely N-dealkylation sites (N-methyl/N-ethyl adjacent to an activating group) is 1. The number of halogens is 3. The Morgan fingerprint density at radius 3 is 2.38 bits per heavy atom. The number of amides is 3. The topological polar surface area (TPSA) is 116 Å². The summed E-state index contributed by atoms with van der Waals surface area (Å²) in [5, 5.41) is 5.69. The van der Waals surface area contributed by atoms with Crippen LogP contribution in [0.15, 0.2) is 79.0 Å². The first-order chi connectivity index (χ1) is 26.5. The minimum absolute atomic E-state index is 0.112. The van der Waals surface area contributed by atoms with E-state index < -0.39 is 23.6 Å². The predicted octanol–water partition coefficient (Wildman–Crippen LogP) is 6.35. The number of pyridine rings is 1. The summed E-state index contributed by atoms with van der Waals surface area (Å²) in [5.41, 5.74) is 2.47. The van der Waals surface area contributed by atoms with Crippen LogP contribution in [0.3, 0.4) is 0 Å². The van der Waals surface area contributed by atoms with Gasteiger partial charge in [0.1, 0.15) is 5.75 Å². The molecule has 2 saturated heterocycles. The Balaban J connectivity index is 1.24. The van der Waals surface area contributed by atoms with Gasteiger partial charge in [-0.3, -0.25) is 24.3 Å². The van der Waals surface area contributed by atoms with Crippen molar-refractivity contribution in [1.29, 1.82) is 0 Å². The number of para-hydroxylation sites is 1. The molecule has 0 radical (unpaired) electrons. The van der Waals surface area contributed by atoms with Gasteiger partial charge in [-0.25, -0.2) is 0 Å². The third-order valence-electron chi connectivity index (χ3n) is 9.87. The quantitative estimate of drug-likeness (QED) is 0.172. The average Bonchev–Trinajstić information content (AvgIpc) is 3.22. The van der Waals surface area contributed by atoms with Crippen LogP contribution in [0.25, 0.3) is 11.3 Å². The number of carbonyl (C=O) groups is 3. The summed E-state index contributed by atoms with van der Waals surface area (Å²) in [4.78, 5) is 51.6. The molecule has 4 aromatic rings. The van der Waals surface area contributed by atoms with Crippen molar-refractivity contribution >= 4 is 29.1 Å². The predicted molar refractivity (Wildman–Crippen MR) is 204 cm³/mol. The van der Waals surface area contributed by atoms with Gasteiger partial charge in [-0.2, -0.15) is 13.2 Å². The lowest BCUT2D eigenvalue weighted by molar-refractivity contribution is -0.137. The zero-order chi connectivity index (χ0) is 39.0. The molecule has 0 aliphatic carbocycles. The van der Waals surface area contributed by atoms with Gasteiger partial charge in [0.25, 0.3) is 17.7 Å². The summed E-state index contributed by atoms with van der Waals surface area (Å²) in [6.45, 7) is 5.74. The molecule has 6 rings (SSSR count). The van der Waals surface area contributed by atoms with Crippen LogP contribution < -0.4 is 20.3 Å². The highest BCUT2D eigenvalue weighted by atomic mass is 19.4. The number of rotatable bonds is 12. The summed E-state index contributed by atoms with van der Waals surface area (Å²) in [6, 6.07) is 18.4. The lowest BCUT2D eigenvalue weighted by Gasteiger charge is -2.29. The summed E-state index contributed by atoms with van der Waals surface area (Å²) in [6.07, 6.45) is 0.210. The Morgan fingerprint density at radius 1 is 0.891 bits per heavy atom. The molecule has 2 N–H and O–H groups in total. The first-order valence-corrected chi connectivity index (χ1v) is 18.4. The number of anilines is 2. The first-order valence-electron chi connectivity index (χ1n) is 18.4. The number of benzene rings is 3. The van der Waals surface area contributed by atoms with Crippen LogP contribution in [0, 0.1) is 0 Å². The SMILES string of the molecule is COc1c(C(=O)Nc2ccc(N3CCCCC3)cc2-c2cc(C(=O)NCc3cccc(C(F)(F)F)c3)ccn2)cccc1C(=O)N(C)CCN1CCOCC1. The van der Waals surface area contributed by atoms with Crippen molar-refractivity contribution in [2.75, 3.05) is 76.9 Å². The number of alkyl halides is 3. The molecule has 0 saturated carbocycles. The molecule has 2 fully saturated rings. The third-order valence-corrected chi connectivity index (χ3v) is 9.87. The van der Waals surface area contributed by atoms with E-state index in [0.29, 0.717) is 48.8 Å². The molecule has 14 heteroatoms. The molecular formula is C41H45F3N6O5. The second-order valence-corrected chi connectivity index (χ2v) is 13.6. The Hall–Kier alpha value is -5.47. The van der Waals surface area contributed by atoms with Gasteiger partial charge in [0.15, 0.2) is 0 Å². The molecule has 0 bridgehead atoms. The molecule has 11 nitrogen and oxygen atoms in total. The molecule has 0 atom stereocenters. The number of methoxy groups -OCH3 is 1. The minimum Gasteiger partial charge on any atom is -0.495 e. The van der Waals surface area contributed by atoms with Crippen molar-refractivity contribution in [2.45, 2.75) is 32.0 Å². The van der Waals surface area contributed by atoms with Crippen LogP contribution in [-0.2, 0) is 17.5 Å². The van der Waals surface area contributed by atoms with Crippen molar-refractivity contribution in [3.63, 3.8) is 0 Å². The summed E-state index contributed by atoms with van der Waals surface area (Å²) >= 11 is 0. The minimum atomic E-state index is -4.50. The molecule has 3 aromatic carbocycles. The maximum absolute atomic E-state index is 14.0. The number of hydrogen-bond donors (Lipinski definition) is 2. The van der Waals surface area contributed by atoms with Crippen molar-refractivity contribution in [2.24, 2.45) is 0 Å². The lowest BCUT2D eigenvalue weighted by Crippen LogP contribution is -2.42. The highest BCUT2D eigenvalue weighted by Crippen LogP contribution is 2.35. The molecule has 3 amide bonds. The third kappa shape index (κ3) is 9.80. The van der Waals surface area contributed by atoms with Crippen LogP contribution >= 0.6 is 0 Å². The molecular weight excluding hydrogens is 713 g/mol. The fourth-order valence-electron chi connectivity index (χ4n) is 6.78. The molecule has 3 heterocycles. The van der Waals surface area contributed by atoms with Crippen LogP contribution in [0.1, 0.15) is 61.5 Å². The van der Waals surface area contributed by atoms with Gasteiger partial charge in [0.2, 0.25) is 0 Å². The second-order valence-electron chi connectivity index (χ2n) is 13.6. The largest absolute Gasteiger partial charge is 0.495 e. The maximum Gasteiger partial charge on any atom is 0.416 e. The zero-order valence-corrected chi connectivity index (χ0v) is 31.0. The van der Waals surface area contributed by atoms with Crippen LogP contribution in [0.4, 0.5) is 24.5 Å². The molecule has 2 aliphatic rings. The maximum atomic E-state index is 14.0. The van der Waals surface area contributed by atoms with Gasteiger partial charge in [0.05, 0.1) is 48.4 Å². The van der Waals surface area contributed by atoms with Crippen molar-refractivity contribution in [1.82, 2.24) is 20.1 Å². The Labute approximate surface area is 318 Å². The van der Waals surface area contributed by atoms with E-state index >= 15 is 0 Å². The van der Waals surface area contributed by atoms with Crippen molar-refractivity contribution in [3.05, 3.63) is 107 Å². The number of nitrogens with zero attached hydrogens (tertiary/aromatic N) is 4. The monoisotopic (exact) mass is 758 g/mol. The van der Waals surface area contributed by atoms with E-state index in [1.807, 2.05) is 12.1 Å². The van der Waals surface area contributed by atoms with Crippen LogP contribution in [0.5, 0.6) is 5.75 Å². The highest BCUT2D eigenvalue weighted by molar-refractivity contribution is 6.11. The van der Waals surface area contributed by atoms with E-state index in [4.69, 9.17) is 9.47 Å². The molecule has 55 heavy (non-hydrogen) atoms. The number of piperidine rings is 1. The Kier molecular flexibility index (Phi) is 12.7. The second kappa shape index (κ2) is 17.8. The van der Waals surface area contributed by atoms with Gasteiger partial charge >= 0.3 is 6.18 Å². The fourth-order valence-corrected chi connectivity index (χ4v) is 6.78. The molecule has 1 aromatic heterocycles. The lowest BCUT2D eigenvalue weighted by atomic mass is 10.0. The van der Waals surface area contributed by atoms with Crippen LogP contribution in [0.2, 0.25) is 0 Å². The normalized spacial score (nSPS) is 15.0. The summed E-state index contributed by atoms with van der Waals surface area (Å²) in [5.74, 6) is -1.14. The van der Waals surface area contributed by atoms with E-state index in [1.54, 1.807) is 42.3 Å². The first kappa shape index (κ1) is 39.2. The molecule has 0 spiro atoms. The van der Waals surface area contributed by atoms with Gasteiger partial charge < -0.3 is 29.9 Å². The van der Waals surface area contributed by atoms with Gasteiger partial charge in [-0.15, -0.1) is 0 Å². The number of morpholine rings is 1. The van der Waals surface area contributed by atoms with Gasteiger partial charge in [-0.05, 0) is 79.4 Å². The fraction of sp³-hybridized carbons (Fsp3) is 0.366. The number of nitrogens with one attached hydrogen (secondary N) is 2. The number of carbonyl (C=O) groups excluding carboxylic acids is 3. The smallest absolute Gasteiger partial charge is 0.416 e. The van der Waals surface area contributed by atoms with Gasteiger partial charge in [-0.1, -0.05) is 18.2 Å². The Morgan fingerprint density at radius 2 is 1.64 bits per heavy atom. The van der Waals surface area contributed by atoms with Crippen molar-refractivity contribution in [3.8, 4) is 17.0 Å². The van der Waals surface area contributed by atoms with E-state index in [-0.39, 0.29) is 34.9 Å². The molecule has 2 aliphatic heterocycles. The number of hydrogen-bond acceptors (Lipinski definition) is 8. The summed E-state index contributed by atoms with van der Waals surface area (Å²) < 4.78 is 50.8. The molecule has 290 valence electrons. The zero-order valence-electron chi connectivity index (χ0n) is 31.0. The highest BCUT2D eigenvalue weighted by Gasteiger charge is 2.30. The number of aromatic nitrogens is 1. The van der Waals surface area contributed by atoms with E-state index in [2.05, 4.69) is 25.4 Å². The van der Waals surface area contributed by atoms with Crippen molar-refractivity contribution < 1.29 is 37.0 Å². The van der Waals surface area contributed by atoms with Gasteiger partial charge in [0, 0.05) is 75.9 Å². The van der Waals surface area contributed by atoms with E-state index in [1.165, 1.54) is 31.5 Å². The Bertz CT molecular complexity index is 2000. The van der Waals surface area contributed by atoms with Crippen LogP contribution in [-0.4, -0.2) is 99.1 Å². The number of ether oxygens (including phenoxy) is 2. The summed E-state index contributed by atoms with van der Waals surface area (Å²) in [7, 11) is 3.14. The molecule has 0 unspecified atom stereocenters.